The van der Waals surface area contributed by atoms with E-state index in [2.05, 4.69) is 30.9 Å². The molecule has 3 unspecified atom stereocenters. The predicted molar refractivity (Wildman–Crippen MR) is 80.4 cm³/mol. The van der Waals surface area contributed by atoms with Gasteiger partial charge in [0.15, 0.2) is 0 Å². The van der Waals surface area contributed by atoms with Gasteiger partial charge in [0, 0.05) is 17.4 Å². The molecular formula is C15H29NOS. The van der Waals surface area contributed by atoms with Crippen LogP contribution in [0.2, 0.25) is 0 Å². The van der Waals surface area contributed by atoms with Gasteiger partial charge < -0.3 is 10.1 Å². The molecule has 0 aliphatic carbocycles. The first kappa shape index (κ1) is 14.7. The summed E-state index contributed by atoms with van der Waals surface area (Å²) >= 11 is 2.18. The molecule has 1 N–H and O–H groups in total. The summed E-state index contributed by atoms with van der Waals surface area (Å²) in [5, 5.41) is 3.80. The molecule has 3 atom stereocenters. The quantitative estimate of drug-likeness (QED) is 0.764. The minimum Gasteiger partial charge on any atom is -0.378 e. The molecule has 0 bridgehead atoms. The highest BCUT2D eigenvalue weighted by molar-refractivity contribution is 8.00. The first-order valence-electron chi connectivity index (χ1n) is 7.73. The molecule has 106 valence electrons. The molecule has 2 heterocycles. The van der Waals surface area contributed by atoms with Crippen LogP contribution in [0.3, 0.4) is 0 Å². The van der Waals surface area contributed by atoms with E-state index in [0.29, 0.717) is 16.9 Å². The van der Waals surface area contributed by atoms with Gasteiger partial charge in [0.1, 0.15) is 0 Å². The first-order chi connectivity index (χ1) is 8.74. The Balaban J connectivity index is 1.83. The number of ether oxygens (including phenoxy) is 1. The lowest BCUT2D eigenvalue weighted by atomic mass is 9.91. The number of hydrogen-bond acceptors (Lipinski definition) is 3. The monoisotopic (exact) mass is 271 g/mol. The molecule has 2 aliphatic rings. The Hall–Kier alpha value is 0.270. The zero-order valence-electron chi connectivity index (χ0n) is 12.0. The van der Waals surface area contributed by atoms with Crippen LogP contribution < -0.4 is 5.32 Å². The van der Waals surface area contributed by atoms with Gasteiger partial charge in [-0.05, 0) is 64.2 Å². The predicted octanol–water partition coefficient (Wildman–Crippen LogP) is 3.60. The number of rotatable bonds is 7. The van der Waals surface area contributed by atoms with Crippen LogP contribution in [0.25, 0.3) is 0 Å². The highest BCUT2D eigenvalue weighted by Crippen LogP contribution is 2.42. The van der Waals surface area contributed by atoms with Gasteiger partial charge in [-0.25, -0.2) is 0 Å². The summed E-state index contributed by atoms with van der Waals surface area (Å²) in [6.07, 6.45) is 9.64. The van der Waals surface area contributed by atoms with Crippen LogP contribution in [0.4, 0.5) is 0 Å². The molecule has 2 saturated heterocycles. The van der Waals surface area contributed by atoms with Gasteiger partial charge in [-0.3, -0.25) is 0 Å². The van der Waals surface area contributed by atoms with E-state index >= 15 is 0 Å². The Kier molecular flexibility index (Phi) is 5.84. The molecule has 2 fully saturated rings. The summed E-state index contributed by atoms with van der Waals surface area (Å²) in [4.78, 5) is 0. The van der Waals surface area contributed by atoms with Gasteiger partial charge in [0.05, 0.1) is 6.10 Å². The largest absolute Gasteiger partial charge is 0.378 e. The fraction of sp³-hybridized carbons (Fsp3) is 1.00. The highest BCUT2D eigenvalue weighted by Gasteiger charge is 2.37. The Labute approximate surface area is 117 Å². The molecule has 2 rings (SSSR count). The smallest absolute Gasteiger partial charge is 0.0576 e. The lowest BCUT2D eigenvalue weighted by Gasteiger charge is -2.35. The van der Waals surface area contributed by atoms with Crippen molar-refractivity contribution in [2.45, 2.75) is 75.7 Å². The van der Waals surface area contributed by atoms with Crippen LogP contribution in [-0.2, 0) is 4.74 Å². The summed E-state index contributed by atoms with van der Waals surface area (Å²) in [6.45, 7) is 6.87. The molecule has 0 radical (unpaired) electrons. The maximum absolute atomic E-state index is 5.77. The molecule has 0 amide bonds. The van der Waals surface area contributed by atoms with E-state index in [1.165, 1.54) is 50.7 Å². The van der Waals surface area contributed by atoms with Crippen LogP contribution in [0, 0.1) is 0 Å². The maximum atomic E-state index is 5.77. The normalized spacial score (nSPS) is 34.0. The van der Waals surface area contributed by atoms with Crippen molar-refractivity contribution in [2.24, 2.45) is 0 Å². The van der Waals surface area contributed by atoms with E-state index in [1.54, 1.807) is 0 Å². The summed E-state index contributed by atoms with van der Waals surface area (Å²) < 4.78 is 6.23. The number of thioether (sulfide) groups is 1. The fourth-order valence-electron chi connectivity index (χ4n) is 3.24. The third-order valence-electron chi connectivity index (χ3n) is 4.43. The van der Waals surface area contributed by atoms with Crippen molar-refractivity contribution in [1.29, 1.82) is 0 Å². The van der Waals surface area contributed by atoms with Crippen molar-refractivity contribution in [3.63, 3.8) is 0 Å². The van der Waals surface area contributed by atoms with Gasteiger partial charge in [0.25, 0.3) is 0 Å². The van der Waals surface area contributed by atoms with Crippen molar-refractivity contribution in [3.8, 4) is 0 Å². The lowest BCUT2D eigenvalue weighted by Crippen LogP contribution is -2.46. The van der Waals surface area contributed by atoms with Gasteiger partial charge in [-0.1, -0.05) is 6.92 Å². The minimum atomic E-state index is 0.466. The Morgan fingerprint density at radius 2 is 2.33 bits per heavy atom. The summed E-state index contributed by atoms with van der Waals surface area (Å²) in [7, 11) is 0. The molecule has 2 aliphatic heterocycles. The average Bonchev–Trinajstić information content (AvgIpc) is 3.01. The second-order valence-electron chi connectivity index (χ2n) is 5.98. The van der Waals surface area contributed by atoms with Crippen LogP contribution in [0.15, 0.2) is 0 Å². The molecule has 0 aromatic carbocycles. The fourth-order valence-corrected chi connectivity index (χ4v) is 4.69. The van der Waals surface area contributed by atoms with Crippen LogP contribution in [0.1, 0.15) is 58.8 Å². The summed E-state index contributed by atoms with van der Waals surface area (Å²) in [6, 6.07) is 0.675. The van der Waals surface area contributed by atoms with E-state index < -0.39 is 0 Å². The van der Waals surface area contributed by atoms with Crippen LogP contribution >= 0.6 is 11.8 Å². The van der Waals surface area contributed by atoms with Gasteiger partial charge in [-0.15, -0.1) is 0 Å². The Morgan fingerprint density at radius 1 is 1.44 bits per heavy atom. The molecule has 0 aromatic heterocycles. The van der Waals surface area contributed by atoms with E-state index in [-0.39, 0.29) is 0 Å². The van der Waals surface area contributed by atoms with Crippen LogP contribution in [0.5, 0.6) is 0 Å². The third-order valence-corrected chi connectivity index (χ3v) is 6.07. The highest BCUT2D eigenvalue weighted by atomic mass is 32.2. The van der Waals surface area contributed by atoms with E-state index in [4.69, 9.17) is 4.74 Å². The second kappa shape index (κ2) is 7.16. The minimum absolute atomic E-state index is 0.466. The van der Waals surface area contributed by atoms with Gasteiger partial charge in [0.2, 0.25) is 0 Å². The third kappa shape index (κ3) is 3.88. The molecule has 0 aromatic rings. The van der Waals surface area contributed by atoms with Crippen molar-refractivity contribution in [1.82, 2.24) is 5.32 Å². The number of hydrogen-bond donors (Lipinski definition) is 1. The average molecular weight is 271 g/mol. The van der Waals surface area contributed by atoms with Crippen molar-refractivity contribution < 1.29 is 4.74 Å². The molecule has 18 heavy (non-hydrogen) atoms. The van der Waals surface area contributed by atoms with Crippen LogP contribution in [-0.4, -0.2) is 35.8 Å². The van der Waals surface area contributed by atoms with E-state index in [0.717, 1.165) is 13.2 Å². The molecule has 3 heteroatoms. The first-order valence-corrected chi connectivity index (χ1v) is 8.72. The van der Waals surface area contributed by atoms with Crippen molar-refractivity contribution >= 4 is 11.8 Å². The molecule has 2 nitrogen and oxygen atoms in total. The standard InChI is InChI=1S/C15H29NOS/c1-3-10-16-14(15(2)9-5-12-18-15)8-7-13-6-4-11-17-13/h13-14,16H,3-12H2,1-2H3. The van der Waals surface area contributed by atoms with E-state index in [1.807, 2.05) is 0 Å². The molecule has 0 spiro atoms. The van der Waals surface area contributed by atoms with E-state index in [9.17, 15) is 0 Å². The summed E-state index contributed by atoms with van der Waals surface area (Å²) in [5.74, 6) is 1.35. The molecular weight excluding hydrogens is 242 g/mol. The Morgan fingerprint density at radius 3 is 2.94 bits per heavy atom. The second-order valence-corrected chi connectivity index (χ2v) is 7.61. The zero-order chi connectivity index (χ0) is 12.8. The Bertz CT molecular complexity index is 235. The summed E-state index contributed by atoms with van der Waals surface area (Å²) in [5.41, 5.74) is 0. The van der Waals surface area contributed by atoms with Crippen molar-refractivity contribution in [2.75, 3.05) is 18.9 Å². The lowest BCUT2D eigenvalue weighted by molar-refractivity contribution is 0.0982. The topological polar surface area (TPSA) is 21.3 Å². The van der Waals surface area contributed by atoms with Crippen molar-refractivity contribution in [3.05, 3.63) is 0 Å². The van der Waals surface area contributed by atoms with Gasteiger partial charge in [-0.2, -0.15) is 11.8 Å². The number of nitrogens with one attached hydrogen (secondary N) is 1. The zero-order valence-corrected chi connectivity index (χ0v) is 12.9. The SMILES string of the molecule is CCCNC(CCC1CCCO1)C1(C)CCCS1. The van der Waals surface area contributed by atoms with Gasteiger partial charge >= 0.3 is 0 Å². The molecule has 0 saturated carbocycles. The maximum Gasteiger partial charge on any atom is 0.0576 e.